The van der Waals surface area contributed by atoms with Crippen LogP contribution in [0.2, 0.25) is 5.28 Å². The lowest BCUT2D eigenvalue weighted by atomic mass is 10.00. The van der Waals surface area contributed by atoms with E-state index in [-0.39, 0.29) is 0 Å². The van der Waals surface area contributed by atoms with Crippen molar-refractivity contribution in [2.45, 2.75) is 18.8 Å². The van der Waals surface area contributed by atoms with E-state index in [2.05, 4.69) is 9.97 Å². The van der Waals surface area contributed by atoms with Crippen LogP contribution in [0, 0.1) is 0 Å². The van der Waals surface area contributed by atoms with Gasteiger partial charge in [0.05, 0.1) is 0 Å². The number of hydrogen-bond acceptors (Lipinski definition) is 2. The van der Waals surface area contributed by atoms with Gasteiger partial charge in [-0.1, -0.05) is 0 Å². The molecule has 1 aliphatic heterocycles. The predicted octanol–water partition coefficient (Wildman–Crippen LogP) is 2.67. The van der Waals surface area contributed by atoms with Crippen molar-refractivity contribution in [1.82, 2.24) is 9.97 Å². The lowest BCUT2D eigenvalue weighted by molar-refractivity contribution is 0.622. The number of aromatic nitrogens is 2. The quantitative estimate of drug-likeness (QED) is 0.759. The van der Waals surface area contributed by atoms with Crippen LogP contribution in [0.3, 0.4) is 0 Å². The highest BCUT2D eigenvalue weighted by atomic mass is 35.5. The average molecular weight is 203 g/mol. The third-order valence-corrected chi connectivity index (χ3v) is 3.47. The van der Waals surface area contributed by atoms with E-state index in [4.69, 9.17) is 11.6 Å². The molecule has 2 heterocycles. The summed E-state index contributed by atoms with van der Waals surface area (Å²) in [5.41, 5.74) is 1.21. The lowest BCUT2D eigenvalue weighted by Crippen LogP contribution is -2.07. The minimum absolute atomic E-state index is 0.517. The zero-order valence-electron chi connectivity index (χ0n) is 6.72. The number of hydrogen-bond donors (Lipinski definition) is 1. The maximum atomic E-state index is 5.71. The van der Waals surface area contributed by atoms with Crippen LogP contribution < -0.4 is 0 Å². The van der Waals surface area contributed by atoms with Gasteiger partial charge >= 0.3 is 0 Å². The molecule has 2 rings (SSSR count). The molecular weight excluding hydrogens is 192 g/mol. The molecule has 0 atom stereocenters. The van der Waals surface area contributed by atoms with E-state index in [1.807, 2.05) is 18.0 Å². The largest absolute Gasteiger partial charge is 0.332 e. The van der Waals surface area contributed by atoms with E-state index in [0.717, 1.165) is 0 Å². The molecule has 0 aliphatic carbocycles. The van der Waals surface area contributed by atoms with Gasteiger partial charge in [-0.3, -0.25) is 0 Å². The molecule has 0 saturated carbocycles. The predicted molar refractivity (Wildman–Crippen MR) is 52.9 cm³/mol. The second-order valence-electron chi connectivity index (χ2n) is 3.02. The highest BCUT2D eigenvalue weighted by molar-refractivity contribution is 7.99. The second-order valence-corrected chi connectivity index (χ2v) is 4.60. The van der Waals surface area contributed by atoms with Gasteiger partial charge < -0.3 is 4.98 Å². The molecule has 0 bridgehead atoms. The van der Waals surface area contributed by atoms with Crippen molar-refractivity contribution < 1.29 is 0 Å². The fourth-order valence-electron chi connectivity index (χ4n) is 1.53. The molecule has 1 saturated heterocycles. The van der Waals surface area contributed by atoms with Gasteiger partial charge in [0.25, 0.3) is 0 Å². The molecule has 0 unspecified atom stereocenters. The zero-order valence-corrected chi connectivity index (χ0v) is 8.29. The first-order valence-electron chi connectivity index (χ1n) is 4.14. The van der Waals surface area contributed by atoms with Crippen molar-refractivity contribution in [2.24, 2.45) is 0 Å². The molecule has 12 heavy (non-hydrogen) atoms. The van der Waals surface area contributed by atoms with Gasteiger partial charge in [0.1, 0.15) is 0 Å². The number of imidazole rings is 1. The van der Waals surface area contributed by atoms with Crippen molar-refractivity contribution in [3.8, 4) is 0 Å². The molecule has 1 N–H and O–H groups in total. The molecule has 1 aromatic heterocycles. The molecule has 66 valence electrons. The van der Waals surface area contributed by atoms with E-state index >= 15 is 0 Å². The van der Waals surface area contributed by atoms with Crippen LogP contribution in [0.5, 0.6) is 0 Å². The molecule has 0 amide bonds. The van der Waals surface area contributed by atoms with Crippen LogP contribution in [0.25, 0.3) is 0 Å². The smallest absolute Gasteiger partial charge is 0.200 e. The van der Waals surface area contributed by atoms with E-state index in [9.17, 15) is 0 Å². The summed E-state index contributed by atoms with van der Waals surface area (Å²) in [6.07, 6.45) is 4.37. The van der Waals surface area contributed by atoms with E-state index in [1.165, 1.54) is 30.0 Å². The molecule has 2 nitrogen and oxygen atoms in total. The van der Waals surface area contributed by atoms with Crippen molar-refractivity contribution in [1.29, 1.82) is 0 Å². The molecule has 0 aromatic carbocycles. The third kappa shape index (κ3) is 1.77. The number of halogens is 1. The number of rotatable bonds is 1. The van der Waals surface area contributed by atoms with Crippen LogP contribution in [0.15, 0.2) is 6.20 Å². The summed E-state index contributed by atoms with van der Waals surface area (Å²) in [5.74, 6) is 3.19. The fraction of sp³-hybridized carbons (Fsp3) is 0.625. The monoisotopic (exact) mass is 202 g/mol. The van der Waals surface area contributed by atoms with Gasteiger partial charge in [0.2, 0.25) is 0 Å². The summed E-state index contributed by atoms with van der Waals surface area (Å²) in [7, 11) is 0. The van der Waals surface area contributed by atoms with Gasteiger partial charge in [-0.2, -0.15) is 11.8 Å². The Morgan fingerprint density at radius 3 is 2.83 bits per heavy atom. The Hall–Kier alpha value is -0.150. The minimum Gasteiger partial charge on any atom is -0.332 e. The van der Waals surface area contributed by atoms with Gasteiger partial charge in [0, 0.05) is 17.8 Å². The van der Waals surface area contributed by atoms with Crippen LogP contribution >= 0.6 is 23.4 Å². The normalized spacial score (nSPS) is 19.8. The van der Waals surface area contributed by atoms with Crippen molar-refractivity contribution in [3.63, 3.8) is 0 Å². The number of H-pyrrole nitrogens is 1. The first-order valence-corrected chi connectivity index (χ1v) is 5.67. The van der Waals surface area contributed by atoms with Gasteiger partial charge in [-0.05, 0) is 35.9 Å². The van der Waals surface area contributed by atoms with Gasteiger partial charge in [-0.25, -0.2) is 4.98 Å². The van der Waals surface area contributed by atoms with Crippen LogP contribution in [-0.4, -0.2) is 21.5 Å². The minimum atomic E-state index is 0.517. The highest BCUT2D eigenvalue weighted by Gasteiger charge is 2.17. The molecule has 0 spiro atoms. The SMILES string of the molecule is Clc1ncc(C2CCSCC2)[nH]1. The Morgan fingerprint density at radius 1 is 1.50 bits per heavy atom. The average Bonchev–Trinajstić information content (AvgIpc) is 2.54. The van der Waals surface area contributed by atoms with E-state index in [1.54, 1.807) is 0 Å². The maximum Gasteiger partial charge on any atom is 0.200 e. The topological polar surface area (TPSA) is 28.7 Å². The van der Waals surface area contributed by atoms with E-state index < -0.39 is 0 Å². The molecular formula is C8H11ClN2S. The Labute approximate surface area is 81.1 Å². The van der Waals surface area contributed by atoms with Gasteiger partial charge in [-0.15, -0.1) is 0 Å². The molecule has 1 aliphatic rings. The van der Waals surface area contributed by atoms with Crippen LogP contribution in [0.1, 0.15) is 24.5 Å². The summed E-state index contributed by atoms with van der Waals surface area (Å²) < 4.78 is 0. The summed E-state index contributed by atoms with van der Waals surface area (Å²) in [6, 6.07) is 0. The van der Waals surface area contributed by atoms with Crippen LogP contribution in [-0.2, 0) is 0 Å². The fourth-order valence-corrected chi connectivity index (χ4v) is 2.79. The molecule has 1 aromatic rings. The maximum absolute atomic E-state index is 5.71. The second kappa shape index (κ2) is 3.71. The highest BCUT2D eigenvalue weighted by Crippen LogP contribution is 2.30. The van der Waals surface area contributed by atoms with Crippen LogP contribution in [0.4, 0.5) is 0 Å². The zero-order chi connectivity index (χ0) is 8.39. The van der Waals surface area contributed by atoms with E-state index in [0.29, 0.717) is 11.2 Å². The molecule has 4 heteroatoms. The Balaban J connectivity index is 2.08. The standard InChI is InChI=1S/C8H11ClN2S/c9-8-10-5-7(11-8)6-1-3-12-4-2-6/h5-6H,1-4H2,(H,10,11). The lowest BCUT2D eigenvalue weighted by Gasteiger charge is -2.19. The van der Waals surface area contributed by atoms with Crippen molar-refractivity contribution in [3.05, 3.63) is 17.2 Å². The molecule has 0 radical (unpaired) electrons. The molecule has 1 fully saturated rings. The van der Waals surface area contributed by atoms with Crippen molar-refractivity contribution >= 4 is 23.4 Å². The number of nitrogens with zero attached hydrogens (tertiary/aromatic N) is 1. The Bertz CT molecular complexity index is 255. The summed E-state index contributed by atoms with van der Waals surface area (Å²) in [5, 5.41) is 0.517. The number of aromatic amines is 1. The first kappa shape index (κ1) is 8.45. The third-order valence-electron chi connectivity index (χ3n) is 2.23. The summed E-state index contributed by atoms with van der Waals surface area (Å²) >= 11 is 7.74. The summed E-state index contributed by atoms with van der Waals surface area (Å²) in [6.45, 7) is 0. The number of thioether (sulfide) groups is 1. The number of nitrogens with one attached hydrogen (secondary N) is 1. The van der Waals surface area contributed by atoms with Crippen molar-refractivity contribution in [2.75, 3.05) is 11.5 Å². The summed E-state index contributed by atoms with van der Waals surface area (Å²) in [4.78, 5) is 7.09. The Kier molecular flexibility index (Phi) is 2.61. The first-order chi connectivity index (χ1) is 5.86. The Morgan fingerprint density at radius 2 is 2.25 bits per heavy atom. The van der Waals surface area contributed by atoms with Gasteiger partial charge in [0.15, 0.2) is 5.28 Å².